The highest BCUT2D eigenvalue weighted by Gasteiger charge is 2.12. The van der Waals surface area contributed by atoms with Gasteiger partial charge in [0, 0.05) is 10.7 Å². The molecule has 1 amide bonds. The smallest absolute Gasteiger partial charge is 0.259 e. The van der Waals surface area contributed by atoms with Crippen LogP contribution < -0.4 is 5.32 Å². The lowest BCUT2D eigenvalue weighted by Crippen LogP contribution is -2.15. The van der Waals surface area contributed by atoms with Crippen molar-refractivity contribution in [3.63, 3.8) is 0 Å². The SMILES string of the molecule is Cc1ccc(NC(=O)c2cnc(C)nc2C)c(Br)c1. The summed E-state index contributed by atoms with van der Waals surface area (Å²) in [7, 11) is 0. The molecule has 1 aromatic carbocycles. The first-order chi connectivity index (χ1) is 8.97. The molecule has 0 aliphatic carbocycles. The minimum atomic E-state index is -0.206. The third-order valence-electron chi connectivity index (χ3n) is 2.72. The molecule has 19 heavy (non-hydrogen) atoms. The monoisotopic (exact) mass is 319 g/mol. The van der Waals surface area contributed by atoms with Gasteiger partial charge in [-0.25, -0.2) is 9.97 Å². The van der Waals surface area contributed by atoms with Gasteiger partial charge in [0.25, 0.3) is 5.91 Å². The van der Waals surface area contributed by atoms with E-state index in [9.17, 15) is 4.79 Å². The van der Waals surface area contributed by atoms with Crippen LogP contribution in [-0.4, -0.2) is 15.9 Å². The lowest BCUT2D eigenvalue weighted by Gasteiger charge is -2.09. The number of nitrogens with one attached hydrogen (secondary N) is 1. The molecule has 2 rings (SSSR count). The average molecular weight is 320 g/mol. The number of halogens is 1. The molecule has 0 atom stereocenters. The fourth-order valence-corrected chi connectivity index (χ4v) is 2.31. The molecule has 1 N–H and O–H groups in total. The highest BCUT2D eigenvalue weighted by molar-refractivity contribution is 9.10. The predicted molar refractivity (Wildman–Crippen MR) is 78.3 cm³/mol. The maximum Gasteiger partial charge on any atom is 0.259 e. The van der Waals surface area contributed by atoms with Gasteiger partial charge in [-0.3, -0.25) is 4.79 Å². The average Bonchev–Trinajstić information content (AvgIpc) is 2.32. The molecule has 0 aliphatic heterocycles. The normalized spacial score (nSPS) is 10.3. The van der Waals surface area contributed by atoms with Gasteiger partial charge in [0.15, 0.2) is 0 Å². The Kier molecular flexibility index (Phi) is 3.95. The Morgan fingerprint density at radius 3 is 2.63 bits per heavy atom. The number of rotatable bonds is 2. The van der Waals surface area contributed by atoms with Gasteiger partial charge in [-0.15, -0.1) is 0 Å². The number of aryl methyl sites for hydroxylation is 3. The number of carbonyl (C=O) groups is 1. The summed E-state index contributed by atoms with van der Waals surface area (Å²) in [6.07, 6.45) is 1.55. The van der Waals surface area contributed by atoms with E-state index in [-0.39, 0.29) is 5.91 Å². The summed E-state index contributed by atoms with van der Waals surface area (Å²) in [6.45, 7) is 5.59. The zero-order chi connectivity index (χ0) is 14.0. The molecule has 5 heteroatoms. The van der Waals surface area contributed by atoms with Crippen LogP contribution in [0.3, 0.4) is 0 Å². The lowest BCUT2D eigenvalue weighted by atomic mass is 10.2. The van der Waals surface area contributed by atoms with Crippen LogP contribution in [0, 0.1) is 20.8 Å². The second-order valence-electron chi connectivity index (χ2n) is 4.35. The summed E-state index contributed by atoms with van der Waals surface area (Å²) in [5.74, 6) is 0.451. The Labute approximate surface area is 120 Å². The molecule has 0 saturated heterocycles. The zero-order valence-corrected chi connectivity index (χ0v) is 12.6. The Balaban J connectivity index is 2.25. The van der Waals surface area contributed by atoms with Crippen LogP contribution in [0.1, 0.15) is 27.4 Å². The van der Waals surface area contributed by atoms with Crippen LogP contribution in [0.5, 0.6) is 0 Å². The van der Waals surface area contributed by atoms with Crippen LogP contribution in [0.25, 0.3) is 0 Å². The number of hydrogen-bond donors (Lipinski definition) is 1. The summed E-state index contributed by atoms with van der Waals surface area (Å²) in [5, 5.41) is 2.85. The fraction of sp³-hybridized carbons (Fsp3) is 0.214. The second-order valence-corrected chi connectivity index (χ2v) is 5.21. The summed E-state index contributed by atoms with van der Waals surface area (Å²) in [4.78, 5) is 20.4. The molecule has 0 fully saturated rings. The van der Waals surface area contributed by atoms with E-state index in [1.54, 1.807) is 20.0 Å². The molecular weight excluding hydrogens is 306 g/mol. The van der Waals surface area contributed by atoms with Gasteiger partial charge >= 0.3 is 0 Å². The molecule has 0 bridgehead atoms. The first-order valence-corrected chi connectivity index (χ1v) is 6.64. The maximum atomic E-state index is 12.2. The van der Waals surface area contributed by atoms with Gasteiger partial charge in [-0.2, -0.15) is 0 Å². The minimum absolute atomic E-state index is 0.206. The Bertz CT molecular complexity index is 641. The molecule has 0 unspecified atom stereocenters. The van der Waals surface area contributed by atoms with E-state index in [4.69, 9.17) is 0 Å². The summed E-state index contributed by atoms with van der Waals surface area (Å²) >= 11 is 3.43. The molecule has 98 valence electrons. The van der Waals surface area contributed by atoms with Crippen molar-refractivity contribution in [1.82, 2.24) is 9.97 Å². The molecule has 0 aliphatic rings. The highest BCUT2D eigenvalue weighted by atomic mass is 79.9. The van der Waals surface area contributed by atoms with E-state index >= 15 is 0 Å². The van der Waals surface area contributed by atoms with Gasteiger partial charge in [-0.1, -0.05) is 6.07 Å². The van der Waals surface area contributed by atoms with Gasteiger partial charge < -0.3 is 5.32 Å². The molecule has 1 aromatic heterocycles. The molecule has 2 aromatic rings. The number of amides is 1. The van der Waals surface area contributed by atoms with E-state index < -0.39 is 0 Å². The fourth-order valence-electron chi connectivity index (χ4n) is 1.72. The number of anilines is 1. The van der Waals surface area contributed by atoms with E-state index in [2.05, 4.69) is 31.2 Å². The Morgan fingerprint density at radius 2 is 2.00 bits per heavy atom. The van der Waals surface area contributed by atoms with E-state index in [0.29, 0.717) is 17.1 Å². The second kappa shape index (κ2) is 5.48. The van der Waals surface area contributed by atoms with Crippen LogP contribution in [0.4, 0.5) is 5.69 Å². The molecule has 1 heterocycles. The standard InChI is InChI=1S/C14H14BrN3O/c1-8-4-5-13(12(15)6-8)18-14(19)11-7-16-10(3)17-9(11)2/h4-7H,1-3H3,(H,18,19). The number of aromatic nitrogens is 2. The van der Waals surface area contributed by atoms with Crippen molar-refractivity contribution in [3.8, 4) is 0 Å². The number of nitrogens with zero attached hydrogens (tertiary/aromatic N) is 2. The minimum Gasteiger partial charge on any atom is -0.321 e. The summed E-state index contributed by atoms with van der Waals surface area (Å²) in [5.41, 5.74) is 3.02. The topological polar surface area (TPSA) is 54.9 Å². The van der Waals surface area contributed by atoms with Crippen LogP contribution >= 0.6 is 15.9 Å². The summed E-state index contributed by atoms with van der Waals surface area (Å²) in [6, 6.07) is 5.76. The van der Waals surface area contributed by atoms with Gasteiger partial charge in [0.2, 0.25) is 0 Å². The van der Waals surface area contributed by atoms with E-state index in [1.165, 1.54) is 0 Å². The van der Waals surface area contributed by atoms with E-state index in [0.717, 1.165) is 15.7 Å². The number of carbonyl (C=O) groups excluding carboxylic acids is 1. The van der Waals surface area contributed by atoms with Crippen molar-refractivity contribution in [1.29, 1.82) is 0 Å². The van der Waals surface area contributed by atoms with Crippen molar-refractivity contribution in [3.05, 3.63) is 51.5 Å². The van der Waals surface area contributed by atoms with Crippen molar-refractivity contribution < 1.29 is 4.79 Å². The number of hydrogen-bond acceptors (Lipinski definition) is 3. The van der Waals surface area contributed by atoms with Gasteiger partial charge in [-0.05, 0) is 54.4 Å². The highest BCUT2D eigenvalue weighted by Crippen LogP contribution is 2.24. The van der Waals surface area contributed by atoms with Gasteiger partial charge in [0.1, 0.15) is 5.82 Å². The van der Waals surface area contributed by atoms with Crippen LogP contribution in [0.15, 0.2) is 28.9 Å². The Morgan fingerprint density at radius 1 is 1.26 bits per heavy atom. The molecule has 0 saturated carbocycles. The van der Waals surface area contributed by atoms with Crippen LogP contribution in [0.2, 0.25) is 0 Å². The van der Waals surface area contributed by atoms with Crippen molar-refractivity contribution in [2.24, 2.45) is 0 Å². The van der Waals surface area contributed by atoms with Crippen molar-refractivity contribution >= 4 is 27.5 Å². The number of benzene rings is 1. The maximum absolute atomic E-state index is 12.2. The molecular formula is C14H14BrN3O. The first-order valence-electron chi connectivity index (χ1n) is 5.85. The zero-order valence-electron chi connectivity index (χ0n) is 11.0. The third kappa shape index (κ3) is 3.17. The predicted octanol–water partition coefficient (Wildman–Crippen LogP) is 3.42. The first kappa shape index (κ1) is 13.7. The molecule has 4 nitrogen and oxygen atoms in total. The van der Waals surface area contributed by atoms with Gasteiger partial charge in [0.05, 0.1) is 16.9 Å². The molecule has 0 spiro atoms. The van der Waals surface area contributed by atoms with Crippen LogP contribution in [-0.2, 0) is 0 Å². The molecule has 0 radical (unpaired) electrons. The third-order valence-corrected chi connectivity index (χ3v) is 3.37. The van der Waals surface area contributed by atoms with E-state index in [1.807, 2.05) is 25.1 Å². The summed E-state index contributed by atoms with van der Waals surface area (Å²) < 4.78 is 0.853. The quantitative estimate of drug-likeness (QED) is 0.922. The Hall–Kier alpha value is -1.75. The lowest BCUT2D eigenvalue weighted by molar-refractivity contribution is 0.102. The largest absolute Gasteiger partial charge is 0.321 e. The van der Waals surface area contributed by atoms with Crippen molar-refractivity contribution in [2.45, 2.75) is 20.8 Å². The van der Waals surface area contributed by atoms with Crippen molar-refractivity contribution in [2.75, 3.05) is 5.32 Å².